The second-order valence-corrected chi connectivity index (χ2v) is 9.09. The van der Waals surface area contributed by atoms with Crippen LogP contribution >= 0.6 is 24.0 Å². The average molecular weight is 564 g/mol. The molecule has 0 saturated carbocycles. The van der Waals surface area contributed by atoms with Crippen LogP contribution in [0, 0.1) is 5.92 Å². The van der Waals surface area contributed by atoms with Gasteiger partial charge in [-0.2, -0.15) is 0 Å². The van der Waals surface area contributed by atoms with Crippen LogP contribution in [0.15, 0.2) is 27.8 Å². The minimum atomic E-state index is -0.533. The third kappa shape index (κ3) is 8.43. The van der Waals surface area contributed by atoms with Gasteiger partial charge in [0.25, 0.3) is 0 Å². The Kier molecular flexibility index (Phi) is 10.6. The van der Waals surface area contributed by atoms with Gasteiger partial charge in [-0.1, -0.05) is 0 Å². The highest BCUT2D eigenvalue weighted by molar-refractivity contribution is 14.0. The van der Waals surface area contributed by atoms with Crippen LogP contribution < -0.4 is 10.6 Å². The predicted octanol–water partition coefficient (Wildman–Crippen LogP) is 2.65. The van der Waals surface area contributed by atoms with E-state index in [-0.39, 0.29) is 42.2 Å². The monoisotopic (exact) mass is 564 g/mol. The molecule has 3 rings (SSSR count). The fraction of sp³-hybridized carbons (Fsp3) is 0.727. The quantitative estimate of drug-likeness (QED) is 0.299. The van der Waals surface area contributed by atoms with Gasteiger partial charge in [-0.15, -0.1) is 24.0 Å². The Morgan fingerprint density at radius 2 is 2.16 bits per heavy atom. The maximum Gasteiger partial charge on any atom is 0.410 e. The van der Waals surface area contributed by atoms with Gasteiger partial charge in [0.05, 0.1) is 31.6 Å². The third-order valence-corrected chi connectivity index (χ3v) is 5.32. The molecule has 182 valence electrons. The lowest BCUT2D eigenvalue weighted by Gasteiger charge is -2.24. The van der Waals surface area contributed by atoms with Gasteiger partial charge < -0.3 is 34.2 Å². The molecule has 9 nitrogen and oxygen atoms in total. The van der Waals surface area contributed by atoms with Crippen molar-refractivity contribution in [2.75, 3.05) is 46.5 Å². The van der Waals surface area contributed by atoms with Crippen LogP contribution in [0.1, 0.15) is 33.0 Å². The summed E-state index contributed by atoms with van der Waals surface area (Å²) in [5.41, 5.74) is -0.533. The highest BCUT2D eigenvalue weighted by Crippen LogP contribution is 2.18. The van der Waals surface area contributed by atoms with Crippen LogP contribution in [0.5, 0.6) is 0 Å². The number of likely N-dealkylation sites (tertiary alicyclic amines) is 1. The molecule has 1 amide bonds. The number of furan rings is 1. The Bertz CT molecular complexity index is 716. The second kappa shape index (κ2) is 12.6. The van der Waals surface area contributed by atoms with E-state index in [9.17, 15) is 4.79 Å². The molecule has 3 heterocycles. The van der Waals surface area contributed by atoms with Crippen LogP contribution in [0.25, 0.3) is 0 Å². The Morgan fingerprint density at radius 1 is 1.34 bits per heavy atom. The maximum absolute atomic E-state index is 12.5. The predicted molar refractivity (Wildman–Crippen MR) is 133 cm³/mol. The zero-order valence-electron chi connectivity index (χ0n) is 19.5. The summed E-state index contributed by atoms with van der Waals surface area (Å²) in [4.78, 5) is 19.0. The molecular weight excluding hydrogens is 527 g/mol. The number of nitrogens with zero attached hydrogens (tertiary/aromatic N) is 2. The maximum atomic E-state index is 12.5. The number of amides is 1. The van der Waals surface area contributed by atoms with Crippen molar-refractivity contribution >= 4 is 36.0 Å². The van der Waals surface area contributed by atoms with E-state index in [1.807, 2.05) is 32.9 Å². The van der Waals surface area contributed by atoms with E-state index >= 15 is 0 Å². The first-order valence-electron chi connectivity index (χ1n) is 11.0. The van der Waals surface area contributed by atoms with Gasteiger partial charge in [0.15, 0.2) is 5.96 Å². The molecule has 2 N–H and O–H groups in total. The number of methoxy groups -OCH3 is 1. The van der Waals surface area contributed by atoms with Crippen molar-refractivity contribution in [3.05, 3.63) is 24.2 Å². The largest absolute Gasteiger partial charge is 0.469 e. The molecule has 10 heteroatoms. The molecule has 1 aromatic heterocycles. The lowest BCUT2D eigenvalue weighted by Crippen LogP contribution is -2.49. The zero-order valence-corrected chi connectivity index (χ0v) is 21.8. The highest BCUT2D eigenvalue weighted by Gasteiger charge is 2.38. The molecule has 2 saturated heterocycles. The van der Waals surface area contributed by atoms with Gasteiger partial charge in [-0.3, -0.25) is 4.99 Å². The minimum Gasteiger partial charge on any atom is -0.469 e. The van der Waals surface area contributed by atoms with E-state index in [2.05, 4.69) is 10.6 Å². The van der Waals surface area contributed by atoms with E-state index in [0.29, 0.717) is 38.1 Å². The molecule has 0 aromatic carbocycles. The van der Waals surface area contributed by atoms with Crippen LogP contribution in [-0.2, 0) is 20.6 Å². The van der Waals surface area contributed by atoms with Gasteiger partial charge in [0, 0.05) is 45.7 Å². The van der Waals surface area contributed by atoms with Gasteiger partial charge in [-0.25, -0.2) is 4.79 Å². The van der Waals surface area contributed by atoms with Gasteiger partial charge in [-0.05, 0) is 39.3 Å². The first-order valence-corrected chi connectivity index (χ1v) is 11.0. The molecule has 32 heavy (non-hydrogen) atoms. The molecule has 1 aromatic rings. The van der Waals surface area contributed by atoms with Crippen LogP contribution in [0.2, 0.25) is 0 Å². The first kappa shape index (κ1) is 26.7. The number of nitrogens with one attached hydrogen (secondary N) is 2. The van der Waals surface area contributed by atoms with Gasteiger partial charge >= 0.3 is 6.09 Å². The Morgan fingerprint density at radius 3 is 2.78 bits per heavy atom. The fourth-order valence-corrected chi connectivity index (χ4v) is 3.66. The Labute approximate surface area is 207 Å². The van der Waals surface area contributed by atoms with E-state index in [1.54, 1.807) is 18.3 Å². The lowest BCUT2D eigenvalue weighted by molar-refractivity contribution is 0.0252. The van der Waals surface area contributed by atoms with Crippen LogP contribution in [0.3, 0.4) is 0 Å². The summed E-state index contributed by atoms with van der Waals surface area (Å²) in [7, 11) is 1.66. The van der Waals surface area contributed by atoms with Gasteiger partial charge in [0.1, 0.15) is 11.4 Å². The SMILES string of the molecule is CO[C@H]1CN(C(=O)OC(C)(C)C)CC1NC(=NCC1CCOC1)NCCc1ccco1.I. The van der Waals surface area contributed by atoms with E-state index in [4.69, 9.17) is 23.6 Å². The van der Waals surface area contributed by atoms with Crippen molar-refractivity contribution in [3.8, 4) is 0 Å². The zero-order chi connectivity index (χ0) is 22.3. The normalized spacial score (nSPS) is 23.7. The van der Waals surface area contributed by atoms with Crippen molar-refractivity contribution in [1.82, 2.24) is 15.5 Å². The fourth-order valence-electron chi connectivity index (χ4n) is 3.66. The summed E-state index contributed by atoms with van der Waals surface area (Å²) in [5, 5.41) is 6.85. The first-order chi connectivity index (χ1) is 14.8. The summed E-state index contributed by atoms with van der Waals surface area (Å²) in [6.45, 7) is 9.48. The average Bonchev–Trinajstić information content (AvgIpc) is 3.46. The standard InChI is InChI=1S/C22H36N4O5.HI/c1-22(2,3)31-21(27)26-13-18(19(14-26)28-4)25-20(24-12-16-8-11-29-15-16)23-9-7-17-6-5-10-30-17;/h5-6,10,16,18-19H,7-9,11-15H2,1-4H3,(H2,23,24,25);1H/t16?,18?,19-;/m0./s1. The summed E-state index contributed by atoms with van der Waals surface area (Å²) in [6, 6.07) is 3.75. The number of carbonyl (C=O) groups is 1. The molecule has 0 radical (unpaired) electrons. The van der Waals surface area contributed by atoms with E-state index < -0.39 is 5.60 Å². The molecule has 2 aliphatic rings. The number of ether oxygens (including phenoxy) is 3. The van der Waals surface area contributed by atoms with Gasteiger partial charge in [0.2, 0.25) is 0 Å². The Balaban J connectivity index is 0.00000363. The number of halogens is 1. The molecule has 2 fully saturated rings. The minimum absolute atomic E-state index is 0. The number of hydrogen-bond donors (Lipinski definition) is 2. The molecule has 2 unspecified atom stereocenters. The topological polar surface area (TPSA) is 97.6 Å². The van der Waals surface area contributed by atoms with Crippen molar-refractivity contribution in [2.45, 2.75) is 51.4 Å². The van der Waals surface area contributed by atoms with Crippen molar-refractivity contribution in [2.24, 2.45) is 10.9 Å². The van der Waals surface area contributed by atoms with E-state index in [1.165, 1.54) is 0 Å². The molecular formula is C22H37IN4O5. The Hall–Kier alpha value is -1.53. The van der Waals surface area contributed by atoms with Crippen molar-refractivity contribution in [1.29, 1.82) is 0 Å². The van der Waals surface area contributed by atoms with Crippen molar-refractivity contribution < 1.29 is 23.4 Å². The summed E-state index contributed by atoms with van der Waals surface area (Å²) in [5.74, 6) is 2.06. The number of guanidine groups is 1. The second-order valence-electron chi connectivity index (χ2n) is 9.09. The summed E-state index contributed by atoms with van der Waals surface area (Å²) >= 11 is 0. The van der Waals surface area contributed by atoms with Crippen molar-refractivity contribution in [3.63, 3.8) is 0 Å². The summed E-state index contributed by atoms with van der Waals surface area (Å²) in [6.07, 6.45) is 2.98. The number of hydrogen-bond acceptors (Lipinski definition) is 6. The van der Waals surface area contributed by atoms with Crippen LogP contribution in [0.4, 0.5) is 4.79 Å². The number of aliphatic imine (C=N–C) groups is 1. The van der Waals surface area contributed by atoms with Crippen LogP contribution in [-0.4, -0.2) is 81.2 Å². The third-order valence-electron chi connectivity index (χ3n) is 5.32. The molecule has 0 aliphatic carbocycles. The van der Waals surface area contributed by atoms with E-state index in [0.717, 1.165) is 31.8 Å². The number of rotatable bonds is 7. The number of carbonyl (C=O) groups excluding carboxylic acids is 1. The lowest BCUT2D eigenvalue weighted by atomic mass is 10.1. The molecule has 0 spiro atoms. The smallest absolute Gasteiger partial charge is 0.410 e. The molecule has 2 aliphatic heterocycles. The highest BCUT2D eigenvalue weighted by atomic mass is 127. The molecule has 3 atom stereocenters. The summed E-state index contributed by atoms with van der Waals surface area (Å²) < 4.78 is 22.0. The molecule has 0 bridgehead atoms.